The Kier molecular flexibility index (Phi) is 6.33. The molecule has 150 valence electrons. The topological polar surface area (TPSA) is 78.9 Å². The summed E-state index contributed by atoms with van der Waals surface area (Å²) in [5.41, 5.74) is 1.80. The molecule has 0 spiro atoms. The quantitative estimate of drug-likeness (QED) is 0.798. The van der Waals surface area contributed by atoms with Gasteiger partial charge in [-0.1, -0.05) is 12.1 Å². The molecule has 0 bridgehead atoms. The minimum Gasteiger partial charge on any atom is -0.497 e. The third-order valence-electron chi connectivity index (χ3n) is 4.77. The molecule has 2 aromatic carbocycles. The Balaban J connectivity index is 1.61. The van der Waals surface area contributed by atoms with Crippen molar-refractivity contribution < 1.29 is 17.9 Å². The van der Waals surface area contributed by atoms with Crippen LogP contribution in [-0.4, -0.2) is 63.9 Å². The number of carbonyl (C=O) groups excluding carboxylic acids is 1. The summed E-state index contributed by atoms with van der Waals surface area (Å²) < 4.78 is 31.8. The predicted octanol–water partition coefficient (Wildman–Crippen LogP) is 2.02. The largest absolute Gasteiger partial charge is 0.497 e. The maximum atomic E-state index is 12.6. The highest BCUT2D eigenvalue weighted by molar-refractivity contribution is 7.88. The van der Waals surface area contributed by atoms with Crippen molar-refractivity contribution in [2.24, 2.45) is 0 Å². The third kappa shape index (κ3) is 5.09. The highest BCUT2D eigenvalue weighted by Crippen LogP contribution is 2.17. The first-order chi connectivity index (χ1) is 13.4. The Labute approximate surface area is 166 Å². The number of ether oxygens (including phenoxy) is 1. The molecule has 3 rings (SSSR count). The van der Waals surface area contributed by atoms with Crippen molar-refractivity contribution in [1.82, 2.24) is 9.21 Å². The van der Waals surface area contributed by atoms with Crippen LogP contribution in [0.15, 0.2) is 48.5 Å². The number of nitrogens with one attached hydrogen (secondary N) is 1. The lowest BCUT2D eigenvalue weighted by Gasteiger charge is -2.31. The second-order valence-electron chi connectivity index (χ2n) is 6.84. The van der Waals surface area contributed by atoms with E-state index in [9.17, 15) is 13.2 Å². The normalized spacial score (nSPS) is 15.9. The number of anilines is 1. The number of methoxy groups -OCH3 is 1. The van der Waals surface area contributed by atoms with Gasteiger partial charge in [0.2, 0.25) is 10.0 Å². The molecule has 0 atom stereocenters. The number of carbonyl (C=O) groups is 1. The van der Waals surface area contributed by atoms with Gasteiger partial charge in [-0.05, 0) is 49.0 Å². The molecular weight excluding hydrogens is 378 g/mol. The first kappa shape index (κ1) is 20.3. The van der Waals surface area contributed by atoms with E-state index in [0.717, 1.165) is 13.1 Å². The molecule has 0 aliphatic carbocycles. The number of rotatable bonds is 6. The highest BCUT2D eigenvalue weighted by Gasteiger charge is 2.25. The maximum absolute atomic E-state index is 12.6. The monoisotopic (exact) mass is 403 g/mol. The van der Waals surface area contributed by atoms with Gasteiger partial charge in [-0.2, -0.15) is 4.31 Å². The van der Waals surface area contributed by atoms with Crippen molar-refractivity contribution in [3.8, 4) is 5.75 Å². The molecule has 1 aliphatic heterocycles. The van der Waals surface area contributed by atoms with Crippen molar-refractivity contribution >= 4 is 21.6 Å². The van der Waals surface area contributed by atoms with Crippen molar-refractivity contribution in [1.29, 1.82) is 0 Å². The van der Waals surface area contributed by atoms with Crippen LogP contribution in [0.25, 0.3) is 0 Å². The molecule has 0 radical (unpaired) electrons. The Morgan fingerprint density at radius 3 is 2.18 bits per heavy atom. The molecule has 0 unspecified atom stereocenters. The Morgan fingerprint density at radius 2 is 1.61 bits per heavy atom. The molecular formula is C20H25N3O4S. The van der Waals surface area contributed by atoms with E-state index in [0.29, 0.717) is 35.7 Å². The summed E-state index contributed by atoms with van der Waals surface area (Å²) in [4.78, 5) is 14.5. The van der Waals surface area contributed by atoms with Gasteiger partial charge in [-0.25, -0.2) is 8.42 Å². The smallest absolute Gasteiger partial charge is 0.255 e. The van der Waals surface area contributed by atoms with Crippen LogP contribution < -0.4 is 10.1 Å². The number of amides is 1. The summed E-state index contributed by atoms with van der Waals surface area (Å²) in [5, 5.41) is 2.81. The lowest BCUT2D eigenvalue weighted by Crippen LogP contribution is -2.47. The van der Waals surface area contributed by atoms with E-state index in [4.69, 9.17) is 4.74 Å². The first-order valence-electron chi connectivity index (χ1n) is 9.08. The summed E-state index contributed by atoms with van der Waals surface area (Å²) >= 11 is 0. The van der Waals surface area contributed by atoms with Crippen molar-refractivity contribution in [2.75, 3.05) is 45.7 Å². The van der Waals surface area contributed by atoms with Gasteiger partial charge < -0.3 is 15.0 Å². The molecule has 1 N–H and O–H groups in total. The second kappa shape index (κ2) is 8.72. The molecule has 1 amide bonds. The number of piperazine rings is 1. The van der Waals surface area contributed by atoms with Crippen molar-refractivity contribution in [2.45, 2.75) is 5.75 Å². The fourth-order valence-electron chi connectivity index (χ4n) is 3.00. The molecule has 1 fully saturated rings. The van der Waals surface area contributed by atoms with Gasteiger partial charge in [0.05, 0.1) is 12.9 Å². The van der Waals surface area contributed by atoms with E-state index in [2.05, 4.69) is 10.2 Å². The zero-order valence-corrected chi connectivity index (χ0v) is 16.9. The van der Waals surface area contributed by atoms with E-state index >= 15 is 0 Å². The second-order valence-corrected chi connectivity index (χ2v) is 8.81. The van der Waals surface area contributed by atoms with Gasteiger partial charge in [0.1, 0.15) is 5.75 Å². The number of likely N-dealkylation sites (N-methyl/N-ethyl adjacent to an activating group) is 1. The Bertz CT molecular complexity index is 903. The van der Waals surface area contributed by atoms with Crippen LogP contribution in [-0.2, 0) is 15.8 Å². The molecule has 1 heterocycles. The van der Waals surface area contributed by atoms with Crippen molar-refractivity contribution in [3.05, 3.63) is 59.7 Å². The van der Waals surface area contributed by atoms with Crippen LogP contribution in [0, 0.1) is 0 Å². The molecule has 2 aromatic rings. The molecule has 7 nitrogen and oxygen atoms in total. The average Bonchev–Trinajstić information content (AvgIpc) is 2.69. The average molecular weight is 404 g/mol. The van der Waals surface area contributed by atoms with E-state index < -0.39 is 10.0 Å². The zero-order valence-electron chi connectivity index (χ0n) is 16.1. The summed E-state index contributed by atoms with van der Waals surface area (Å²) in [6, 6.07) is 13.7. The summed E-state index contributed by atoms with van der Waals surface area (Å²) in [6.45, 7) is 2.51. The van der Waals surface area contributed by atoms with Crippen LogP contribution in [0.5, 0.6) is 5.75 Å². The summed E-state index contributed by atoms with van der Waals surface area (Å²) in [6.07, 6.45) is 0. The Hall–Kier alpha value is -2.42. The highest BCUT2D eigenvalue weighted by atomic mass is 32.2. The minimum absolute atomic E-state index is 0.0584. The van der Waals surface area contributed by atoms with Crippen LogP contribution in [0.2, 0.25) is 0 Å². The third-order valence-corrected chi connectivity index (χ3v) is 6.62. The molecule has 8 heteroatoms. The molecule has 28 heavy (non-hydrogen) atoms. The number of nitrogens with zero attached hydrogens (tertiary/aromatic N) is 2. The zero-order chi connectivity index (χ0) is 20.1. The number of hydrogen-bond acceptors (Lipinski definition) is 5. The van der Waals surface area contributed by atoms with Crippen molar-refractivity contribution in [3.63, 3.8) is 0 Å². The van der Waals surface area contributed by atoms with Crippen LogP contribution in [0.3, 0.4) is 0 Å². The minimum atomic E-state index is -3.35. The summed E-state index contributed by atoms with van der Waals surface area (Å²) in [7, 11) is 0.214. The lowest BCUT2D eigenvalue weighted by molar-refractivity contribution is 0.102. The van der Waals surface area contributed by atoms with Gasteiger partial charge in [0.15, 0.2) is 0 Å². The lowest BCUT2D eigenvalue weighted by atomic mass is 10.1. The van der Waals surface area contributed by atoms with Gasteiger partial charge in [-0.15, -0.1) is 0 Å². The molecule has 0 aromatic heterocycles. The van der Waals surface area contributed by atoms with Gasteiger partial charge in [0.25, 0.3) is 5.91 Å². The van der Waals surface area contributed by atoms with E-state index in [-0.39, 0.29) is 11.7 Å². The van der Waals surface area contributed by atoms with Gasteiger partial charge >= 0.3 is 0 Å². The molecule has 1 aliphatic rings. The fourth-order valence-corrected chi connectivity index (χ4v) is 4.51. The number of sulfonamides is 1. The molecule has 0 saturated carbocycles. The fraction of sp³-hybridized carbons (Fsp3) is 0.350. The number of hydrogen-bond donors (Lipinski definition) is 1. The standard InChI is InChI=1S/C20H25N3O4S/c1-22-11-13-23(14-12-22)28(25,26)15-16-3-5-17(6-4-16)20(24)21-18-7-9-19(27-2)10-8-18/h3-10H,11-15H2,1-2H3,(H,21,24). The summed E-state index contributed by atoms with van der Waals surface area (Å²) in [5.74, 6) is 0.402. The van der Waals surface area contributed by atoms with Gasteiger partial charge in [0, 0.05) is 37.4 Å². The van der Waals surface area contributed by atoms with Crippen LogP contribution >= 0.6 is 0 Å². The maximum Gasteiger partial charge on any atom is 0.255 e. The molecule has 1 saturated heterocycles. The van der Waals surface area contributed by atoms with E-state index in [1.165, 1.54) is 4.31 Å². The van der Waals surface area contributed by atoms with E-state index in [1.807, 2.05) is 7.05 Å². The van der Waals surface area contributed by atoms with Crippen LogP contribution in [0.1, 0.15) is 15.9 Å². The van der Waals surface area contributed by atoms with Crippen LogP contribution in [0.4, 0.5) is 5.69 Å². The number of benzene rings is 2. The predicted molar refractivity (Wildman–Crippen MR) is 109 cm³/mol. The SMILES string of the molecule is COc1ccc(NC(=O)c2ccc(CS(=O)(=O)N3CCN(C)CC3)cc2)cc1. The first-order valence-corrected chi connectivity index (χ1v) is 10.7. The Morgan fingerprint density at radius 1 is 1.00 bits per heavy atom. The van der Waals surface area contributed by atoms with E-state index in [1.54, 1.807) is 55.6 Å². The van der Waals surface area contributed by atoms with Gasteiger partial charge in [-0.3, -0.25) is 4.79 Å².